The number of rotatable bonds is 3. The molecule has 8 heteroatoms. The van der Waals surface area contributed by atoms with Crippen molar-refractivity contribution < 1.29 is 4.79 Å². The minimum atomic E-state index is -0.0321. The summed E-state index contributed by atoms with van der Waals surface area (Å²) in [4.78, 5) is 16.6. The second-order valence-corrected chi connectivity index (χ2v) is 6.37. The molecule has 0 atom stereocenters. The Morgan fingerprint density at radius 1 is 0.923 bits per heavy atom. The maximum Gasteiger partial charge on any atom is 0.255 e. The number of carbonyl (C=O) groups excluding carboxylic acids is 1. The van der Waals surface area contributed by atoms with Gasteiger partial charge in [-0.15, -0.1) is 10.2 Å². The Labute approximate surface area is 155 Å². The van der Waals surface area contributed by atoms with E-state index in [1.807, 2.05) is 41.4 Å². The lowest BCUT2D eigenvalue weighted by molar-refractivity contribution is 0.0746. The fourth-order valence-electron chi connectivity index (χ4n) is 2.96. The summed E-state index contributed by atoms with van der Waals surface area (Å²) in [5.74, 6) is 1.44. The predicted octanol–water partition coefficient (Wildman–Crippen LogP) is 2.28. The molecule has 1 amide bonds. The summed E-state index contributed by atoms with van der Waals surface area (Å²) < 4.78 is 1.66. The SMILES string of the molecule is O=C(c1ccccc1Cl)N1CCN(c2ccc(-n3cccn3)nn2)CC1. The lowest BCUT2D eigenvalue weighted by atomic mass is 10.2. The molecule has 0 saturated carbocycles. The number of anilines is 1. The number of halogens is 1. The van der Waals surface area contributed by atoms with Gasteiger partial charge in [-0.25, -0.2) is 4.68 Å². The van der Waals surface area contributed by atoms with E-state index in [9.17, 15) is 4.79 Å². The van der Waals surface area contributed by atoms with Gasteiger partial charge in [-0.05, 0) is 30.3 Å². The van der Waals surface area contributed by atoms with Gasteiger partial charge in [-0.2, -0.15) is 5.10 Å². The number of carbonyl (C=O) groups is 1. The van der Waals surface area contributed by atoms with Crippen LogP contribution >= 0.6 is 11.6 Å². The van der Waals surface area contributed by atoms with Crippen LogP contribution < -0.4 is 4.90 Å². The molecule has 26 heavy (non-hydrogen) atoms. The Balaban J connectivity index is 1.40. The number of nitrogens with zero attached hydrogens (tertiary/aromatic N) is 6. The standard InChI is InChI=1S/C18H17ClN6O/c19-15-5-2-1-4-14(15)18(26)24-12-10-23(11-13-24)16-6-7-17(22-21-16)25-9-3-8-20-25/h1-9H,10-13H2. The Morgan fingerprint density at radius 2 is 1.65 bits per heavy atom. The zero-order chi connectivity index (χ0) is 17.9. The van der Waals surface area contributed by atoms with Crippen molar-refractivity contribution in [3.8, 4) is 5.82 Å². The minimum absolute atomic E-state index is 0.0321. The van der Waals surface area contributed by atoms with Gasteiger partial charge in [0, 0.05) is 38.6 Å². The van der Waals surface area contributed by atoms with Crippen molar-refractivity contribution >= 4 is 23.3 Å². The molecule has 132 valence electrons. The van der Waals surface area contributed by atoms with Crippen LogP contribution in [0.4, 0.5) is 5.82 Å². The Bertz CT molecular complexity index is 888. The summed E-state index contributed by atoms with van der Waals surface area (Å²) in [7, 11) is 0. The third kappa shape index (κ3) is 3.25. The first-order valence-electron chi connectivity index (χ1n) is 8.35. The van der Waals surface area contributed by atoms with E-state index >= 15 is 0 Å². The van der Waals surface area contributed by atoms with Crippen LogP contribution in [0.1, 0.15) is 10.4 Å². The highest BCUT2D eigenvalue weighted by Crippen LogP contribution is 2.19. The van der Waals surface area contributed by atoms with Crippen molar-refractivity contribution in [1.82, 2.24) is 24.9 Å². The van der Waals surface area contributed by atoms with Crippen LogP contribution in [-0.4, -0.2) is 57.0 Å². The van der Waals surface area contributed by atoms with Gasteiger partial charge < -0.3 is 9.80 Å². The van der Waals surface area contributed by atoms with Crippen LogP contribution in [0.2, 0.25) is 5.02 Å². The monoisotopic (exact) mass is 368 g/mol. The maximum atomic E-state index is 12.6. The first kappa shape index (κ1) is 16.5. The van der Waals surface area contributed by atoms with Crippen molar-refractivity contribution in [2.45, 2.75) is 0 Å². The highest BCUT2D eigenvalue weighted by molar-refractivity contribution is 6.33. The van der Waals surface area contributed by atoms with Gasteiger partial charge in [-0.3, -0.25) is 4.79 Å². The number of amides is 1. The molecule has 0 unspecified atom stereocenters. The predicted molar refractivity (Wildman–Crippen MR) is 98.7 cm³/mol. The van der Waals surface area contributed by atoms with Crippen LogP contribution in [0, 0.1) is 0 Å². The summed E-state index contributed by atoms with van der Waals surface area (Å²) in [5.41, 5.74) is 0.547. The van der Waals surface area contributed by atoms with Gasteiger partial charge in [0.2, 0.25) is 0 Å². The molecule has 1 fully saturated rings. The number of hydrogen-bond donors (Lipinski definition) is 0. The highest BCUT2D eigenvalue weighted by Gasteiger charge is 2.24. The summed E-state index contributed by atoms with van der Waals surface area (Å²) >= 11 is 6.14. The van der Waals surface area contributed by atoms with Gasteiger partial charge >= 0.3 is 0 Å². The molecule has 0 radical (unpaired) electrons. The van der Waals surface area contributed by atoms with Crippen LogP contribution in [0.15, 0.2) is 54.9 Å². The van der Waals surface area contributed by atoms with Crippen LogP contribution in [0.5, 0.6) is 0 Å². The molecular weight excluding hydrogens is 352 g/mol. The largest absolute Gasteiger partial charge is 0.352 e. The van der Waals surface area contributed by atoms with Gasteiger partial charge in [0.1, 0.15) is 0 Å². The van der Waals surface area contributed by atoms with Gasteiger partial charge in [-0.1, -0.05) is 23.7 Å². The van der Waals surface area contributed by atoms with Crippen molar-refractivity contribution in [3.05, 3.63) is 65.4 Å². The van der Waals surface area contributed by atoms with E-state index in [2.05, 4.69) is 20.2 Å². The van der Waals surface area contributed by atoms with Crippen molar-refractivity contribution in [3.63, 3.8) is 0 Å². The van der Waals surface area contributed by atoms with E-state index in [-0.39, 0.29) is 5.91 Å². The van der Waals surface area contributed by atoms with E-state index in [0.29, 0.717) is 42.6 Å². The summed E-state index contributed by atoms with van der Waals surface area (Å²) in [6.45, 7) is 2.64. The van der Waals surface area contributed by atoms with Crippen molar-refractivity contribution in [2.24, 2.45) is 0 Å². The average Bonchev–Trinajstić information content (AvgIpc) is 3.23. The quantitative estimate of drug-likeness (QED) is 0.709. The third-order valence-corrected chi connectivity index (χ3v) is 4.70. The van der Waals surface area contributed by atoms with Gasteiger partial charge in [0.15, 0.2) is 11.6 Å². The molecule has 1 aliphatic rings. The van der Waals surface area contributed by atoms with Gasteiger partial charge in [0.05, 0.1) is 10.6 Å². The molecule has 1 aromatic carbocycles. The number of hydrogen-bond acceptors (Lipinski definition) is 5. The second-order valence-electron chi connectivity index (χ2n) is 5.96. The summed E-state index contributed by atoms with van der Waals surface area (Å²) in [5, 5.41) is 13.1. The topological polar surface area (TPSA) is 67.2 Å². The number of benzene rings is 1. The molecular formula is C18H17ClN6O. The number of piperazine rings is 1. The molecule has 3 aromatic rings. The maximum absolute atomic E-state index is 12.6. The smallest absolute Gasteiger partial charge is 0.255 e. The molecule has 1 aliphatic heterocycles. The first-order chi connectivity index (χ1) is 12.7. The fraction of sp³-hybridized carbons (Fsp3) is 0.222. The molecule has 0 spiro atoms. The average molecular weight is 369 g/mol. The van der Waals surface area contributed by atoms with Crippen molar-refractivity contribution in [2.75, 3.05) is 31.1 Å². The molecule has 3 heterocycles. The van der Waals surface area contributed by atoms with E-state index in [1.165, 1.54) is 0 Å². The van der Waals surface area contributed by atoms with Crippen LogP contribution in [0.3, 0.4) is 0 Å². The molecule has 4 rings (SSSR count). The fourth-order valence-corrected chi connectivity index (χ4v) is 3.17. The van der Waals surface area contributed by atoms with Crippen LogP contribution in [0.25, 0.3) is 5.82 Å². The highest BCUT2D eigenvalue weighted by atomic mass is 35.5. The zero-order valence-electron chi connectivity index (χ0n) is 14.0. The molecule has 7 nitrogen and oxygen atoms in total. The molecule has 2 aromatic heterocycles. The second kappa shape index (κ2) is 7.13. The summed E-state index contributed by atoms with van der Waals surface area (Å²) in [6.07, 6.45) is 3.52. The van der Waals surface area contributed by atoms with Gasteiger partial charge in [0.25, 0.3) is 5.91 Å². The van der Waals surface area contributed by atoms with E-state index in [0.717, 1.165) is 5.82 Å². The zero-order valence-corrected chi connectivity index (χ0v) is 14.8. The molecule has 0 bridgehead atoms. The van der Waals surface area contributed by atoms with Crippen LogP contribution in [-0.2, 0) is 0 Å². The lowest BCUT2D eigenvalue weighted by Crippen LogP contribution is -2.49. The number of aromatic nitrogens is 4. The Hall–Kier alpha value is -2.93. The lowest BCUT2D eigenvalue weighted by Gasteiger charge is -2.35. The normalized spacial score (nSPS) is 14.5. The molecule has 0 N–H and O–H groups in total. The van der Waals surface area contributed by atoms with Crippen molar-refractivity contribution in [1.29, 1.82) is 0 Å². The molecule has 1 saturated heterocycles. The minimum Gasteiger partial charge on any atom is -0.352 e. The Morgan fingerprint density at radius 3 is 2.31 bits per heavy atom. The first-order valence-corrected chi connectivity index (χ1v) is 8.73. The Kier molecular flexibility index (Phi) is 4.53. The third-order valence-electron chi connectivity index (χ3n) is 4.37. The van der Waals surface area contributed by atoms with E-state index in [1.54, 1.807) is 23.0 Å². The molecule has 0 aliphatic carbocycles. The van der Waals surface area contributed by atoms with E-state index < -0.39 is 0 Å². The summed E-state index contributed by atoms with van der Waals surface area (Å²) in [6, 6.07) is 12.8. The van der Waals surface area contributed by atoms with E-state index in [4.69, 9.17) is 11.6 Å².